The standard InChI is InChI=1S/C22H22BrF2N3O3/c1-13(2)31-22(29)26-21-8-14(3)28(27-21)11-16-9-17(23)5-7-20(16)30-12-15-4-6-18(24)10-19(15)25/h4-10,13H,11-12H2,1-3H3,(H,26,27,29). The summed E-state index contributed by atoms with van der Waals surface area (Å²) in [5.41, 5.74) is 1.86. The van der Waals surface area contributed by atoms with Gasteiger partial charge in [0.25, 0.3) is 0 Å². The van der Waals surface area contributed by atoms with E-state index < -0.39 is 17.7 Å². The highest BCUT2D eigenvalue weighted by molar-refractivity contribution is 9.10. The molecule has 1 N–H and O–H groups in total. The Morgan fingerprint density at radius 3 is 2.65 bits per heavy atom. The summed E-state index contributed by atoms with van der Waals surface area (Å²) in [7, 11) is 0. The second-order valence-electron chi connectivity index (χ2n) is 7.18. The summed E-state index contributed by atoms with van der Waals surface area (Å²) in [5, 5.41) is 7.00. The van der Waals surface area contributed by atoms with Gasteiger partial charge < -0.3 is 9.47 Å². The van der Waals surface area contributed by atoms with Crippen molar-refractivity contribution in [3.63, 3.8) is 0 Å². The number of ether oxygens (including phenoxy) is 2. The van der Waals surface area contributed by atoms with E-state index >= 15 is 0 Å². The number of carbonyl (C=O) groups excluding carboxylic acids is 1. The fourth-order valence-electron chi connectivity index (χ4n) is 2.85. The van der Waals surface area contributed by atoms with E-state index in [9.17, 15) is 13.6 Å². The highest BCUT2D eigenvalue weighted by Gasteiger charge is 2.13. The molecule has 164 valence electrons. The van der Waals surface area contributed by atoms with Gasteiger partial charge in [-0.3, -0.25) is 10.00 Å². The largest absolute Gasteiger partial charge is 0.488 e. The van der Waals surface area contributed by atoms with Gasteiger partial charge in [0.2, 0.25) is 0 Å². The maximum Gasteiger partial charge on any atom is 0.413 e. The SMILES string of the molecule is Cc1cc(NC(=O)OC(C)C)nn1Cc1cc(Br)ccc1OCc1ccc(F)cc1F. The lowest BCUT2D eigenvalue weighted by atomic mass is 10.2. The molecule has 9 heteroatoms. The highest BCUT2D eigenvalue weighted by atomic mass is 79.9. The maximum absolute atomic E-state index is 13.9. The van der Waals surface area contributed by atoms with Gasteiger partial charge in [-0.1, -0.05) is 15.9 Å². The number of nitrogens with one attached hydrogen (secondary N) is 1. The number of carbonyl (C=O) groups is 1. The first-order chi connectivity index (χ1) is 14.7. The zero-order valence-electron chi connectivity index (χ0n) is 17.3. The number of hydrogen-bond donors (Lipinski definition) is 1. The normalized spacial score (nSPS) is 10.9. The number of amides is 1. The Hall–Kier alpha value is -2.94. The number of halogens is 3. The van der Waals surface area contributed by atoms with E-state index in [2.05, 4.69) is 26.3 Å². The molecule has 0 unspecified atom stereocenters. The number of rotatable bonds is 7. The Balaban J connectivity index is 1.76. The third-order valence-electron chi connectivity index (χ3n) is 4.29. The lowest BCUT2D eigenvalue weighted by molar-refractivity contribution is 0.130. The summed E-state index contributed by atoms with van der Waals surface area (Å²) in [6.45, 7) is 5.69. The predicted molar refractivity (Wildman–Crippen MR) is 116 cm³/mol. The van der Waals surface area contributed by atoms with E-state index in [0.29, 0.717) is 18.1 Å². The Kier molecular flexibility index (Phi) is 7.27. The fraction of sp³-hybridized carbons (Fsp3) is 0.273. The van der Waals surface area contributed by atoms with E-state index in [1.807, 2.05) is 19.1 Å². The zero-order valence-corrected chi connectivity index (χ0v) is 18.9. The highest BCUT2D eigenvalue weighted by Crippen LogP contribution is 2.26. The molecule has 0 bridgehead atoms. The van der Waals surface area contributed by atoms with E-state index in [0.717, 1.165) is 21.8 Å². The smallest absolute Gasteiger partial charge is 0.413 e. The van der Waals surface area contributed by atoms with Gasteiger partial charge in [-0.05, 0) is 51.1 Å². The molecule has 0 aliphatic rings. The molecule has 1 aromatic heterocycles. The van der Waals surface area contributed by atoms with Crippen LogP contribution in [0.4, 0.5) is 19.4 Å². The van der Waals surface area contributed by atoms with Crippen molar-refractivity contribution in [3.05, 3.63) is 75.4 Å². The minimum absolute atomic E-state index is 0.0489. The van der Waals surface area contributed by atoms with Crippen LogP contribution in [0.25, 0.3) is 0 Å². The molecule has 1 heterocycles. The van der Waals surface area contributed by atoms with Gasteiger partial charge in [0, 0.05) is 33.4 Å². The molecule has 3 rings (SSSR count). The van der Waals surface area contributed by atoms with Crippen LogP contribution in [0.1, 0.15) is 30.7 Å². The van der Waals surface area contributed by atoms with Gasteiger partial charge in [0.05, 0.1) is 12.6 Å². The molecular formula is C22H22BrF2N3O3. The average Bonchev–Trinajstić information content (AvgIpc) is 3.00. The molecule has 3 aromatic rings. The molecule has 0 atom stereocenters. The number of aromatic nitrogens is 2. The van der Waals surface area contributed by atoms with Gasteiger partial charge in [-0.25, -0.2) is 13.6 Å². The fourth-order valence-corrected chi connectivity index (χ4v) is 3.26. The van der Waals surface area contributed by atoms with E-state index in [1.54, 1.807) is 30.7 Å². The van der Waals surface area contributed by atoms with Gasteiger partial charge >= 0.3 is 6.09 Å². The Morgan fingerprint density at radius 2 is 1.94 bits per heavy atom. The molecule has 31 heavy (non-hydrogen) atoms. The van der Waals surface area contributed by atoms with Gasteiger partial charge in [0.15, 0.2) is 5.82 Å². The van der Waals surface area contributed by atoms with Crippen LogP contribution in [-0.4, -0.2) is 22.0 Å². The Morgan fingerprint density at radius 1 is 1.16 bits per heavy atom. The first-order valence-corrected chi connectivity index (χ1v) is 10.4. The molecular weight excluding hydrogens is 472 g/mol. The van der Waals surface area contributed by atoms with Crippen molar-refractivity contribution in [1.29, 1.82) is 0 Å². The summed E-state index contributed by atoms with van der Waals surface area (Å²) < 4.78 is 40.5. The summed E-state index contributed by atoms with van der Waals surface area (Å²) in [6, 6.07) is 10.5. The van der Waals surface area contributed by atoms with Gasteiger partial charge in [-0.2, -0.15) is 5.10 Å². The van der Waals surface area contributed by atoms with Gasteiger partial charge in [-0.15, -0.1) is 0 Å². The minimum atomic E-state index is -0.661. The molecule has 2 aromatic carbocycles. The van der Waals surface area contributed by atoms with Crippen LogP contribution in [0.5, 0.6) is 5.75 Å². The van der Waals surface area contributed by atoms with E-state index in [4.69, 9.17) is 9.47 Å². The number of anilines is 1. The van der Waals surface area contributed by atoms with Crippen molar-refractivity contribution in [2.75, 3.05) is 5.32 Å². The lowest BCUT2D eigenvalue weighted by Gasteiger charge is -2.13. The Bertz CT molecular complexity index is 1090. The van der Waals surface area contributed by atoms with Crippen LogP contribution in [0.2, 0.25) is 0 Å². The molecule has 6 nitrogen and oxygen atoms in total. The number of aryl methyl sites for hydroxylation is 1. The van der Waals surface area contributed by atoms with Crippen LogP contribution in [0, 0.1) is 18.6 Å². The van der Waals surface area contributed by atoms with Crippen molar-refractivity contribution in [1.82, 2.24) is 9.78 Å². The van der Waals surface area contributed by atoms with Gasteiger partial charge in [0.1, 0.15) is 24.0 Å². The zero-order chi connectivity index (χ0) is 22.5. The van der Waals surface area contributed by atoms with Crippen molar-refractivity contribution < 1.29 is 23.0 Å². The van der Waals surface area contributed by atoms with Crippen LogP contribution < -0.4 is 10.1 Å². The molecule has 1 amide bonds. The minimum Gasteiger partial charge on any atom is -0.488 e. The second-order valence-corrected chi connectivity index (χ2v) is 8.10. The van der Waals surface area contributed by atoms with Crippen LogP contribution >= 0.6 is 15.9 Å². The monoisotopic (exact) mass is 493 g/mol. The summed E-state index contributed by atoms with van der Waals surface area (Å²) >= 11 is 3.44. The number of nitrogens with zero attached hydrogens (tertiary/aromatic N) is 2. The maximum atomic E-state index is 13.9. The molecule has 0 fully saturated rings. The molecule has 0 aliphatic heterocycles. The van der Waals surface area contributed by atoms with Crippen molar-refractivity contribution in [3.8, 4) is 5.75 Å². The van der Waals surface area contributed by atoms with Crippen LogP contribution in [-0.2, 0) is 17.9 Å². The van der Waals surface area contributed by atoms with E-state index in [1.165, 1.54) is 12.1 Å². The first kappa shape index (κ1) is 22.7. The third-order valence-corrected chi connectivity index (χ3v) is 4.79. The molecule has 0 radical (unpaired) electrons. The Labute approximate surface area is 187 Å². The van der Waals surface area contributed by atoms with Crippen LogP contribution in [0.3, 0.4) is 0 Å². The third kappa shape index (κ3) is 6.27. The van der Waals surface area contributed by atoms with Crippen molar-refractivity contribution in [2.45, 2.75) is 40.0 Å². The van der Waals surface area contributed by atoms with E-state index in [-0.39, 0.29) is 18.3 Å². The summed E-state index contributed by atoms with van der Waals surface area (Å²) in [6.07, 6.45) is -0.817. The lowest BCUT2D eigenvalue weighted by Crippen LogP contribution is -2.18. The topological polar surface area (TPSA) is 65.4 Å². The molecule has 0 spiro atoms. The van der Waals surface area contributed by atoms with Crippen molar-refractivity contribution >= 4 is 27.8 Å². The average molecular weight is 494 g/mol. The summed E-state index contributed by atoms with van der Waals surface area (Å²) in [5.74, 6) is -0.392. The first-order valence-electron chi connectivity index (χ1n) is 9.58. The predicted octanol–water partition coefficient (Wildman–Crippen LogP) is 5.82. The number of hydrogen-bond acceptors (Lipinski definition) is 4. The molecule has 0 aliphatic carbocycles. The molecule has 0 saturated carbocycles. The second kappa shape index (κ2) is 9.91. The van der Waals surface area contributed by atoms with Crippen molar-refractivity contribution in [2.24, 2.45) is 0 Å². The van der Waals surface area contributed by atoms with Crippen LogP contribution in [0.15, 0.2) is 46.9 Å². The quantitative estimate of drug-likeness (QED) is 0.450. The molecule has 0 saturated heterocycles. The summed E-state index contributed by atoms with van der Waals surface area (Å²) in [4.78, 5) is 11.8. The number of benzene rings is 2.